The Morgan fingerprint density at radius 1 is 1.11 bits per heavy atom. The first-order valence-electron chi connectivity index (χ1n) is 5.80. The van der Waals surface area contributed by atoms with Gasteiger partial charge in [0.05, 0.1) is 11.4 Å². The minimum absolute atomic E-state index is 0.0752. The topological polar surface area (TPSA) is 66.4 Å². The van der Waals surface area contributed by atoms with Crippen molar-refractivity contribution in [3.05, 3.63) is 59.7 Å². The molecule has 0 radical (unpaired) electrons. The van der Waals surface area contributed by atoms with Crippen LogP contribution in [-0.4, -0.2) is 13.5 Å². The molecule has 0 aliphatic carbocycles. The third kappa shape index (κ3) is 3.72. The Morgan fingerprint density at radius 2 is 1.79 bits per heavy atom. The summed E-state index contributed by atoms with van der Waals surface area (Å²) in [6, 6.07) is 13.5. The van der Waals surface area contributed by atoms with E-state index in [4.69, 9.17) is 0 Å². The lowest BCUT2D eigenvalue weighted by Crippen LogP contribution is -2.15. The number of aromatic hydroxyl groups is 1. The van der Waals surface area contributed by atoms with Crippen LogP contribution >= 0.6 is 0 Å². The Hall–Kier alpha value is -2.01. The monoisotopic (exact) mass is 277 g/mol. The Balaban J connectivity index is 2.17. The molecule has 0 saturated carbocycles. The Labute approximate surface area is 112 Å². The molecule has 0 saturated heterocycles. The molecule has 100 valence electrons. The molecular formula is C14H15NO3S. The van der Waals surface area contributed by atoms with Crippen LogP contribution in [0.4, 0.5) is 5.69 Å². The van der Waals surface area contributed by atoms with Crippen molar-refractivity contribution in [2.24, 2.45) is 0 Å². The van der Waals surface area contributed by atoms with E-state index in [1.807, 2.05) is 6.07 Å². The van der Waals surface area contributed by atoms with Gasteiger partial charge in [-0.05, 0) is 36.2 Å². The lowest BCUT2D eigenvalue weighted by atomic mass is 10.2. The van der Waals surface area contributed by atoms with Crippen molar-refractivity contribution in [1.82, 2.24) is 0 Å². The van der Waals surface area contributed by atoms with Crippen LogP contribution in [0.1, 0.15) is 11.1 Å². The van der Waals surface area contributed by atoms with Crippen molar-refractivity contribution >= 4 is 15.7 Å². The van der Waals surface area contributed by atoms with Crippen LogP contribution < -0.4 is 4.72 Å². The highest BCUT2D eigenvalue weighted by Gasteiger charge is 2.12. The molecule has 0 aliphatic rings. The van der Waals surface area contributed by atoms with Gasteiger partial charge in [-0.2, -0.15) is 0 Å². The lowest BCUT2D eigenvalue weighted by Gasteiger charge is -2.10. The van der Waals surface area contributed by atoms with Gasteiger partial charge in [-0.1, -0.05) is 30.3 Å². The lowest BCUT2D eigenvalue weighted by molar-refractivity contribution is 0.475. The summed E-state index contributed by atoms with van der Waals surface area (Å²) in [5, 5.41) is 9.29. The van der Waals surface area contributed by atoms with E-state index in [2.05, 4.69) is 4.72 Å². The summed E-state index contributed by atoms with van der Waals surface area (Å²) >= 11 is 0. The molecule has 2 aromatic carbocycles. The van der Waals surface area contributed by atoms with Crippen molar-refractivity contribution in [2.45, 2.75) is 12.7 Å². The zero-order valence-corrected chi connectivity index (χ0v) is 11.3. The average Bonchev–Trinajstić information content (AvgIpc) is 2.33. The number of rotatable bonds is 4. The summed E-state index contributed by atoms with van der Waals surface area (Å²) in [6.07, 6.45) is 0. The third-order valence-corrected chi connectivity index (χ3v) is 3.92. The van der Waals surface area contributed by atoms with Crippen LogP contribution in [0.25, 0.3) is 0 Å². The maximum absolute atomic E-state index is 12.0. The highest BCUT2D eigenvalue weighted by atomic mass is 32.2. The Morgan fingerprint density at radius 3 is 2.42 bits per heavy atom. The second-order valence-electron chi connectivity index (χ2n) is 4.35. The standard InChI is InChI=1S/C14H15NO3S/c1-11-9-13(16)7-8-14(11)15-19(17,18)10-12-5-3-2-4-6-12/h2-9,15-16H,10H2,1H3. The predicted molar refractivity (Wildman–Crippen MR) is 75.5 cm³/mol. The van der Waals surface area contributed by atoms with Gasteiger partial charge in [-0.25, -0.2) is 8.42 Å². The fourth-order valence-corrected chi connectivity index (χ4v) is 3.03. The van der Waals surface area contributed by atoms with E-state index >= 15 is 0 Å². The summed E-state index contributed by atoms with van der Waals surface area (Å²) in [7, 11) is -3.45. The van der Waals surface area contributed by atoms with Gasteiger partial charge < -0.3 is 5.11 Å². The van der Waals surface area contributed by atoms with Gasteiger partial charge in [0, 0.05) is 0 Å². The average molecular weight is 277 g/mol. The number of benzene rings is 2. The summed E-state index contributed by atoms with van der Waals surface area (Å²) < 4.78 is 26.6. The summed E-state index contributed by atoms with van der Waals surface area (Å²) in [5.74, 6) is 0.0391. The number of hydrogen-bond acceptors (Lipinski definition) is 3. The molecule has 2 N–H and O–H groups in total. The molecule has 0 bridgehead atoms. The highest BCUT2D eigenvalue weighted by molar-refractivity contribution is 7.91. The number of anilines is 1. The Kier molecular flexibility index (Phi) is 3.76. The zero-order valence-electron chi connectivity index (χ0n) is 10.5. The molecule has 5 heteroatoms. The van der Waals surface area contributed by atoms with E-state index in [0.717, 1.165) is 5.56 Å². The third-order valence-electron chi connectivity index (χ3n) is 2.67. The van der Waals surface area contributed by atoms with Crippen molar-refractivity contribution < 1.29 is 13.5 Å². The minimum atomic E-state index is -3.45. The first kappa shape index (κ1) is 13.4. The van der Waals surface area contributed by atoms with E-state index in [0.29, 0.717) is 11.3 Å². The summed E-state index contributed by atoms with van der Waals surface area (Å²) in [5.41, 5.74) is 1.89. The maximum atomic E-state index is 12.0. The molecule has 4 nitrogen and oxygen atoms in total. The van der Waals surface area contributed by atoms with Crippen molar-refractivity contribution in [3.63, 3.8) is 0 Å². The van der Waals surface area contributed by atoms with Gasteiger partial charge in [-0.3, -0.25) is 4.72 Å². The number of sulfonamides is 1. The van der Waals surface area contributed by atoms with Crippen LogP contribution in [0.5, 0.6) is 5.75 Å². The highest BCUT2D eigenvalue weighted by Crippen LogP contribution is 2.21. The number of phenolic OH excluding ortho intramolecular Hbond substituents is 1. The van der Waals surface area contributed by atoms with Crippen LogP contribution in [0.3, 0.4) is 0 Å². The molecule has 0 aliphatic heterocycles. The second kappa shape index (κ2) is 5.32. The fraction of sp³-hybridized carbons (Fsp3) is 0.143. The first-order valence-corrected chi connectivity index (χ1v) is 7.45. The fourth-order valence-electron chi connectivity index (χ4n) is 1.76. The zero-order chi connectivity index (χ0) is 13.9. The van der Waals surface area contributed by atoms with E-state index in [1.165, 1.54) is 12.1 Å². The van der Waals surface area contributed by atoms with Crippen LogP contribution in [-0.2, 0) is 15.8 Å². The molecule has 19 heavy (non-hydrogen) atoms. The number of hydrogen-bond donors (Lipinski definition) is 2. The van der Waals surface area contributed by atoms with Gasteiger partial charge in [0.15, 0.2) is 0 Å². The van der Waals surface area contributed by atoms with Crippen LogP contribution in [0, 0.1) is 6.92 Å². The van der Waals surface area contributed by atoms with E-state index < -0.39 is 10.0 Å². The maximum Gasteiger partial charge on any atom is 0.236 e. The predicted octanol–water partition coefficient (Wildman–Crippen LogP) is 2.64. The molecule has 0 fully saturated rings. The quantitative estimate of drug-likeness (QED) is 0.844. The summed E-state index contributed by atoms with van der Waals surface area (Å²) in [4.78, 5) is 0. The molecule has 0 heterocycles. The van der Waals surface area contributed by atoms with Crippen molar-refractivity contribution in [1.29, 1.82) is 0 Å². The molecule has 0 spiro atoms. The minimum Gasteiger partial charge on any atom is -0.508 e. The van der Waals surface area contributed by atoms with E-state index in [1.54, 1.807) is 37.3 Å². The number of phenols is 1. The van der Waals surface area contributed by atoms with E-state index in [9.17, 15) is 13.5 Å². The van der Waals surface area contributed by atoms with Gasteiger partial charge >= 0.3 is 0 Å². The molecular weight excluding hydrogens is 262 g/mol. The van der Waals surface area contributed by atoms with Crippen molar-refractivity contribution in [2.75, 3.05) is 4.72 Å². The number of aryl methyl sites for hydroxylation is 1. The van der Waals surface area contributed by atoms with Gasteiger partial charge in [0.25, 0.3) is 0 Å². The molecule has 0 aromatic heterocycles. The van der Waals surface area contributed by atoms with Crippen LogP contribution in [0.15, 0.2) is 48.5 Å². The van der Waals surface area contributed by atoms with Crippen LogP contribution in [0.2, 0.25) is 0 Å². The second-order valence-corrected chi connectivity index (χ2v) is 6.07. The van der Waals surface area contributed by atoms with Gasteiger partial charge in [-0.15, -0.1) is 0 Å². The molecule has 0 amide bonds. The number of nitrogens with one attached hydrogen (secondary N) is 1. The molecule has 2 rings (SSSR count). The largest absolute Gasteiger partial charge is 0.508 e. The Bertz CT molecular complexity index is 666. The first-order chi connectivity index (χ1) is 8.96. The van der Waals surface area contributed by atoms with E-state index in [-0.39, 0.29) is 11.5 Å². The molecule has 0 unspecified atom stereocenters. The van der Waals surface area contributed by atoms with Gasteiger partial charge in [0.1, 0.15) is 5.75 Å². The van der Waals surface area contributed by atoms with Gasteiger partial charge in [0.2, 0.25) is 10.0 Å². The summed E-state index contributed by atoms with van der Waals surface area (Å²) in [6.45, 7) is 1.74. The smallest absolute Gasteiger partial charge is 0.236 e. The SMILES string of the molecule is Cc1cc(O)ccc1NS(=O)(=O)Cc1ccccc1. The molecule has 2 aromatic rings. The normalized spacial score (nSPS) is 11.2. The molecule has 0 atom stereocenters. The van der Waals surface area contributed by atoms with Crippen molar-refractivity contribution in [3.8, 4) is 5.75 Å².